The summed E-state index contributed by atoms with van der Waals surface area (Å²) in [4.78, 5) is 0.0125. The molecular formula is C19H23F2NO6S2. The van der Waals surface area contributed by atoms with Crippen LogP contribution in [0.2, 0.25) is 0 Å². The van der Waals surface area contributed by atoms with Gasteiger partial charge in [0.15, 0.2) is 9.84 Å². The second-order valence-corrected chi connectivity index (χ2v) is 10.9. The van der Waals surface area contributed by atoms with Crippen molar-refractivity contribution in [2.24, 2.45) is 0 Å². The maximum Gasteiger partial charge on any atom is 0.387 e. The minimum Gasteiger partial charge on any atom is -0.493 e. The number of alkyl halides is 2. The molecule has 0 radical (unpaired) electrons. The molecule has 0 bridgehead atoms. The van der Waals surface area contributed by atoms with Gasteiger partial charge >= 0.3 is 6.61 Å². The average molecular weight is 464 g/mol. The maximum atomic E-state index is 12.7. The molecule has 166 valence electrons. The van der Waals surface area contributed by atoms with Crippen molar-refractivity contribution in [2.45, 2.75) is 25.0 Å². The highest BCUT2D eigenvalue weighted by atomic mass is 32.2. The van der Waals surface area contributed by atoms with Gasteiger partial charge in [0.2, 0.25) is 10.0 Å². The van der Waals surface area contributed by atoms with E-state index in [0.717, 1.165) is 4.31 Å². The van der Waals surface area contributed by atoms with Crippen LogP contribution in [0.5, 0.6) is 11.5 Å². The Morgan fingerprint density at radius 1 is 1.00 bits per heavy atom. The summed E-state index contributed by atoms with van der Waals surface area (Å²) in [6, 6.07) is 11.4. The van der Waals surface area contributed by atoms with Crippen LogP contribution in [0, 0.1) is 0 Å². The number of sulfone groups is 1. The lowest BCUT2D eigenvalue weighted by molar-refractivity contribution is -0.0498. The molecule has 0 saturated carbocycles. The zero-order valence-corrected chi connectivity index (χ0v) is 18.1. The van der Waals surface area contributed by atoms with Crippen LogP contribution in [-0.2, 0) is 26.4 Å². The molecule has 0 aliphatic heterocycles. The van der Waals surface area contributed by atoms with Crippen molar-refractivity contribution >= 4 is 19.9 Å². The summed E-state index contributed by atoms with van der Waals surface area (Å²) in [5.41, 5.74) is 0.483. The van der Waals surface area contributed by atoms with E-state index in [2.05, 4.69) is 4.74 Å². The predicted molar refractivity (Wildman–Crippen MR) is 108 cm³/mol. The van der Waals surface area contributed by atoms with Crippen molar-refractivity contribution in [1.29, 1.82) is 0 Å². The van der Waals surface area contributed by atoms with E-state index >= 15 is 0 Å². The molecule has 30 heavy (non-hydrogen) atoms. The molecule has 0 N–H and O–H groups in total. The molecule has 2 aromatic carbocycles. The minimum absolute atomic E-state index is 0.0125. The fourth-order valence-corrected chi connectivity index (χ4v) is 4.27. The Hall–Kier alpha value is -2.24. The molecule has 0 aliphatic rings. The lowest BCUT2D eigenvalue weighted by Crippen LogP contribution is -2.26. The van der Waals surface area contributed by atoms with Crippen molar-refractivity contribution in [1.82, 2.24) is 4.31 Å². The molecular weight excluding hydrogens is 440 g/mol. The van der Waals surface area contributed by atoms with E-state index in [-0.39, 0.29) is 35.3 Å². The van der Waals surface area contributed by atoms with E-state index in [9.17, 15) is 25.6 Å². The van der Waals surface area contributed by atoms with Gasteiger partial charge in [-0.05, 0) is 42.0 Å². The first-order chi connectivity index (χ1) is 14.0. The summed E-state index contributed by atoms with van der Waals surface area (Å²) in [7, 11) is -5.62. The summed E-state index contributed by atoms with van der Waals surface area (Å²) in [5.74, 6) is 0.192. The fourth-order valence-electron chi connectivity index (χ4n) is 2.48. The molecule has 2 rings (SSSR count). The predicted octanol–water partition coefficient (Wildman–Crippen LogP) is 2.92. The van der Waals surface area contributed by atoms with Gasteiger partial charge in [0, 0.05) is 19.3 Å². The van der Waals surface area contributed by atoms with E-state index in [0.29, 0.717) is 11.3 Å². The quantitative estimate of drug-likeness (QED) is 0.509. The number of hydrogen-bond donors (Lipinski definition) is 0. The average Bonchev–Trinajstić information content (AvgIpc) is 2.68. The van der Waals surface area contributed by atoms with Gasteiger partial charge in [0.05, 0.1) is 10.6 Å². The van der Waals surface area contributed by atoms with Gasteiger partial charge < -0.3 is 9.47 Å². The molecule has 0 spiro atoms. The van der Waals surface area contributed by atoms with Crippen molar-refractivity contribution in [3.8, 4) is 11.5 Å². The van der Waals surface area contributed by atoms with E-state index in [1.54, 1.807) is 13.0 Å². The SMILES string of the molecule is CCS(=O)(=O)CCOc1ccc(S(=O)(=O)N(C)Cc2cccc(OC(F)F)c2)cc1. The lowest BCUT2D eigenvalue weighted by atomic mass is 10.2. The van der Waals surface area contributed by atoms with Gasteiger partial charge in [-0.2, -0.15) is 13.1 Å². The molecule has 0 aliphatic carbocycles. The van der Waals surface area contributed by atoms with Crippen LogP contribution in [0.4, 0.5) is 8.78 Å². The Morgan fingerprint density at radius 3 is 2.27 bits per heavy atom. The molecule has 0 saturated heterocycles. The Labute approximate surface area is 175 Å². The molecule has 11 heteroatoms. The Bertz CT molecular complexity index is 1040. The van der Waals surface area contributed by atoms with Crippen LogP contribution in [0.3, 0.4) is 0 Å². The first kappa shape index (κ1) is 24.0. The number of sulfonamides is 1. The zero-order valence-electron chi connectivity index (χ0n) is 16.5. The number of halogens is 2. The molecule has 2 aromatic rings. The Kier molecular flexibility index (Phi) is 8.16. The van der Waals surface area contributed by atoms with Crippen LogP contribution in [0.15, 0.2) is 53.4 Å². The van der Waals surface area contributed by atoms with Gasteiger partial charge in [-0.3, -0.25) is 0 Å². The largest absolute Gasteiger partial charge is 0.493 e. The lowest BCUT2D eigenvalue weighted by Gasteiger charge is -2.18. The van der Waals surface area contributed by atoms with E-state index in [1.165, 1.54) is 49.5 Å². The van der Waals surface area contributed by atoms with Crippen molar-refractivity contribution in [3.63, 3.8) is 0 Å². The number of nitrogens with zero attached hydrogens (tertiary/aromatic N) is 1. The third-order valence-corrected chi connectivity index (χ3v) is 7.65. The minimum atomic E-state index is -3.84. The van der Waals surface area contributed by atoms with Gasteiger partial charge in [-0.1, -0.05) is 19.1 Å². The Balaban J connectivity index is 2.04. The summed E-state index contributed by atoms with van der Waals surface area (Å²) in [5, 5.41) is 0. The standard InChI is InChI=1S/C19H23F2NO6S2/c1-3-29(23,24)12-11-27-16-7-9-18(10-8-16)30(25,26)22(2)14-15-5-4-6-17(13-15)28-19(20)21/h4-10,13,19H,3,11-12,14H2,1-2H3. The first-order valence-corrected chi connectivity index (χ1v) is 12.2. The number of hydrogen-bond acceptors (Lipinski definition) is 6. The zero-order chi connectivity index (χ0) is 22.4. The number of benzene rings is 2. The van der Waals surface area contributed by atoms with E-state index < -0.39 is 26.5 Å². The van der Waals surface area contributed by atoms with Crippen LogP contribution in [0.25, 0.3) is 0 Å². The second kappa shape index (κ2) is 10.2. The second-order valence-electron chi connectivity index (χ2n) is 6.34. The third kappa shape index (κ3) is 6.92. The normalized spacial score (nSPS) is 12.3. The van der Waals surface area contributed by atoms with Gasteiger partial charge in [-0.25, -0.2) is 16.8 Å². The first-order valence-electron chi connectivity index (χ1n) is 8.97. The molecule has 0 heterocycles. The summed E-state index contributed by atoms with van der Waals surface area (Å²) in [6.07, 6.45) is 0. The highest BCUT2D eigenvalue weighted by Gasteiger charge is 2.21. The number of ether oxygens (including phenoxy) is 2. The van der Waals surface area contributed by atoms with Crippen LogP contribution >= 0.6 is 0 Å². The molecule has 0 aromatic heterocycles. The molecule has 0 unspecified atom stereocenters. The Morgan fingerprint density at radius 2 is 1.67 bits per heavy atom. The third-order valence-electron chi connectivity index (χ3n) is 4.16. The van der Waals surface area contributed by atoms with Gasteiger partial charge in [-0.15, -0.1) is 0 Å². The monoisotopic (exact) mass is 463 g/mol. The molecule has 7 nitrogen and oxygen atoms in total. The summed E-state index contributed by atoms with van der Waals surface area (Å²) in [6.45, 7) is -1.49. The van der Waals surface area contributed by atoms with Crippen LogP contribution in [0.1, 0.15) is 12.5 Å². The van der Waals surface area contributed by atoms with E-state index in [1.807, 2.05) is 0 Å². The molecule has 0 fully saturated rings. The smallest absolute Gasteiger partial charge is 0.387 e. The summed E-state index contributed by atoms with van der Waals surface area (Å²) >= 11 is 0. The van der Waals surface area contributed by atoms with Gasteiger partial charge in [0.1, 0.15) is 18.1 Å². The maximum absolute atomic E-state index is 12.7. The highest BCUT2D eigenvalue weighted by Crippen LogP contribution is 2.22. The van der Waals surface area contributed by atoms with Crippen molar-refractivity contribution < 1.29 is 35.1 Å². The topological polar surface area (TPSA) is 90.0 Å². The van der Waals surface area contributed by atoms with E-state index in [4.69, 9.17) is 4.74 Å². The van der Waals surface area contributed by atoms with Crippen LogP contribution < -0.4 is 9.47 Å². The fraction of sp³-hybridized carbons (Fsp3) is 0.368. The van der Waals surface area contributed by atoms with Crippen molar-refractivity contribution in [3.05, 3.63) is 54.1 Å². The van der Waals surface area contributed by atoms with Crippen LogP contribution in [-0.4, -0.2) is 52.9 Å². The number of rotatable bonds is 11. The molecule has 0 atom stereocenters. The van der Waals surface area contributed by atoms with Gasteiger partial charge in [0.25, 0.3) is 0 Å². The summed E-state index contributed by atoms with van der Waals surface area (Å²) < 4.78 is 83.9. The molecule has 0 amide bonds. The van der Waals surface area contributed by atoms with Crippen molar-refractivity contribution in [2.75, 3.05) is 25.2 Å². The highest BCUT2D eigenvalue weighted by molar-refractivity contribution is 7.91.